The Kier molecular flexibility index (Phi) is 4.55. The summed E-state index contributed by atoms with van der Waals surface area (Å²) < 4.78 is 10.7. The topological polar surface area (TPSA) is 72.5 Å². The van der Waals surface area contributed by atoms with Crippen molar-refractivity contribution in [3.05, 3.63) is 23.6 Å². The molecule has 0 aliphatic carbocycles. The first kappa shape index (κ1) is 14.8. The van der Waals surface area contributed by atoms with Gasteiger partial charge in [0.25, 0.3) is 0 Å². The molecule has 22 heavy (non-hydrogen) atoms. The Hall–Kier alpha value is -2.12. The predicted octanol–water partition coefficient (Wildman–Crippen LogP) is 2.48. The largest absolute Gasteiger partial charge is 0.454 e. The Morgan fingerprint density at radius 1 is 1.36 bits per heavy atom. The highest BCUT2D eigenvalue weighted by atomic mass is 32.1. The van der Waals surface area contributed by atoms with Gasteiger partial charge >= 0.3 is 0 Å². The van der Waals surface area contributed by atoms with Crippen LogP contribution in [0.5, 0.6) is 11.5 Å². The number of amides is 1. The lowest BCUT2D eigenvalue weighted by molar-refractivity contribution is -0.116. The fourth-order valence-electron chi connectivity index (χ4n) is 2.13. The number of nitrogens with one attached hydrogen (secondary N) is 2. The van der Waals surface area contributed by atoms with Gasteiger partial charge in [0, 0.05) is 17.4 Å². The number of carbonyl (C=O) groups is 1. The highest BCUT2D eigenvalue weighted by molar-refractivity contribution is 7.14. The average Bonchev–Trinajstić information content (AvgIpc) is 3.15. The van der Waals surface area contributed by atoms with Gasteiger partial charge in [-0.1, -0.05) is 0 Å². The number of ether oxygens (including phenoxy) is 2. The molecule has 0 saturated heterocycles. The third kappa shape index (κ3) is 3.37. The van der Waals surface area contributed by atoms with Crippen molar-refractivity contribution in [2.75, 3.05) is 25.7 Å². The normalized spacial score (nSPS) is 12.4. The highest BCUT2D eigenvalue weighted by Crippen LogP contribution is 2.36. The van der Waals surface area contributed by atoms with E-state index in [4.69, 9.17) is 9.47 Å². The van der Waals surface area contributed by atoms with Crippen LogP contribution < -0.4 is 20.1 Å². The summed E-state index contributed by atoms with van der Waals surface area (Å²) in [5.41, 5.74) is 1.75. The van der Waals surface area contributed by atoms with E-state index in [1.807, 2.05) is 30.6 Å². The fraction of sp³-hybridized carbons (Fsp3) is 0.333. The van der Waals surface area contributed by atoms with Crippen LogP contribution in [0.3, 0.4) is 0 Å². The van der Waals surface area contributed by atoms with Crippen LogP contribution in [0.25, 0.3) is 11.3 Å². The summed E-state index contributed by atoms with van der Waals surface area (Å²) in [6, 6.07) is 5.70. The molecule has 0 bridgehead atoms. The van der Waals surface area contributed by atoms with E-state index in [0.29, 0.717) is 11.6 Å². The van der Waals surface area contributed by atoms with E-state index in [1.54, 1.807) is 0 Å². The molecule has 1 aliphatic heterocycles. The van der Waals surface area contributed by atoms with Gasteiger partial charge in [0.05, 0.1) is 5.69 Å². The fourth-order valence-corrected chi connectivity index (χ4v) is 2.86. The number of hydrogen-bond acceptors (Lipinski definition) is 6. The number of nitrogens with zero attached hydrogens (tertiary/aromatic N) is 1. The minimum absolute atomic E-state index is 0.0122. The van der Waals surface area contributed by atoms with Gasteiger partial charge in [-0.2, -0.15) is 0 Å². The van der Waals surface area contributed by atoms with E-state index in [-0.39, 0.29) is 12.7 Å². The molecule has 2 N–H and O–H groups in total. The van der Waals surface area contributed by atoms with Gasteiger partial charge < -0.3 is 20.1 Å². The molecule has 1 aliphatic rings. The Labute approximate surface area is 132 Å². The molecule has 6 nitrogen and oxygen atoms in total. The van der Waals surface area contributed by atoms with Gasteiger partial charge in [0.15, 0.2) is 16.6 Å². The first-order valence-corrected chi connectivity index (χ1v) is 7.94. The molecule has 1 amide bonds. The lowest BCUT2D eigenvalue weighted by atomic mass is 10.1. The first-order valence-electron chi connectivity index (χ1n) is 7.06. The summed E-state index contributed by atoms with van der Waals surface area (Å²) in [6.07, 6.45) is 1.29. The van der Waals surface area contributed by atoms with Crippen LogP contribution in [0.15, 0.2) is 23.6 Å². The quantitative estimate of drug-likeness (QED) is 0.800. The zero-order valence-corrected chi connectivity index (χ0v) is 13.0. The molecule has 0 atom stereocenters. The van der Waals surface area contributed by atoms with Crippen LogP contribution in [0.1, 0.15) is 12.8 Å². The minimum atomic E-state index is -0.0122. The van der Waals surface area contributed by atoms with E-state index < -0.39 is 0 Å². The highest BCUT2D eigenvalue weighted by Gasteiger charge is 2.15. The van der Waals surface area contributed by atoms with Crippen molar-refractivity contribution in [1.82, 2.24) is 10.3 Å². The van der Waals surface area contributed by atoms with E-state index in [0.717, 1.165) is 35.7 Å². The molecule has 0 radical (unpaired) electrons. The predicted molar refractivity (Wildman–Crippen MR) is 85.5 cm³/mol. The summed E-state index contributed by atoms with van der Waals surface area (Å²) in [4.78, 5) is 16.2. The maximum Gasteiger partial charge on any atom is 0.231 e. The number of aromatic nitrogens is 1. The number of fused-ring (bicyclic) bond motifs is 1. The molecular formula is C15H17N3O3S. The zero-order valence-electron chi connectivity index (χ0n) is 12.2. The Balaban J connectivity index is 1.65. The molecule has 0 saturated carbocycles. The van der Waals surface area contributed by atoms with Crippen molar-refractivity contribution >= 4 is 22.4 Å². The molecule has 1 aromatic heterocycles. The molecule has 1 aromatic carbocycles. The molecule has 0 spiro atoms. The van der Waals surface area contributed by atoms with Gasteiger partial charge in [-0.05, 0) is 38.2 Å². The molecule has 2 heterocycles. The second kappa shape index (κ2) is 6.76. The molecule has 0 unspecified atom stereocenters. The zero-order chi connectivity index (χ0) is 15.4. The maximum absolute atomic E-state index is 11.8. The van der Waals surface area contributed by atoms with Crippen molar-refractivity contribution in [2.45, 2.75) is 12.8 Å². The summed E-state index contributed by atoms with van der Waals surface area (Å²) >= 11 is 1.41. The second-order valence-electron chi connectivity index (χ2n) is 4.86. The first-order chi connectivity index (χ1) is 10.8. The molecule has 7 heteroatoms. The van der Waals surface area contributed by atoms with E-state index in [9.17, 15) is 4.79 Å². The average molecular weight is 319 g/mol. The third-order valence-corrected chi connectivity index (χ3v) is 4.01. The summed E-state index contributed by atoms with van der Waals surface area (Å²) in [7, 11) is 1.87. The maximum atomic E-state index is 11.8. The number of rotatable bonds is 6. The third-order valence-electron chi connectivity index (χ3n) is 3.25. The van der Waals surface area contributed by atoms with Gasteiger partial charge in [0.2, 0.25) is 12.7 Å². The lowest BCUT2D eigenvalue weighted by Gasteiger charge is -2.01. The van der Waals surface area contributed by atoms with E-state index >= 15 is 0 Å². The van der Waals surface area contributed by atoms with Crippen molar-refractivity contribution in [1.29, 1.82) is 0 Å². The smallest absolute Gasteiger partial charge is 0.231 e. The molecule has 0 fully saturated rings. The van der Waals surface area contributed by atoms with Crippen molar-refractivity contribution in [2.24, 2.45) is 0 Å². The van der Waals surface area contributed by atoms with Crippen LogP contribution in [0, 0.1) is 0 Å². The van der Waals surface area contributed by atoms with Crippen LogP contribution in [0.4, 0.5) is 5.13 Å². The Morgan fingerprint density at radius 3 is 3.09 bits per heavy atom. The summed E-state index contributed by atoms with van der Waals surface area (Å²) in [5.74, 6) is 1.46. The number of hydrogen-bond donors (Lipinski definition) is 2. The lowest BCUT2D eigenvalue weighted by Crippen LogP contribution is -2.15. The van der Waals surface area contributed by atoms with Crippen LogP contribution in [-0.2, 0) is 4.79 Å². The summed E-state index contributed by atoms with van der Waals surface area (Å²) in [5, 5.41) is 8.38. The number of benzene rings is 1. The molecular weight excluding hydrogens is 302 g/mol. The SMILES string of the molecule is CNCCCC(=O)Nc1nc(-c2ccc3c(c2)OCO3)cs1. The van der Waals surface area contributed by atoms with Crippen molar-refractivity contribution < 1.29 is 14.3 Å². The Morgan fingerprint density at radius 2 is 2.23 bits per heavy atom. The molecule has 116 valence electrons. The van der Waals surface area contributed by atoms with Gasteiger partial charge in [0.1, 0.15) is 0 Å². The monoisotopic (exact) mass is 319 g/mol. The summed E-state index contributed by atoms with van der Waals surface area (Å²) in [6.45, 7) is 1.08. The number of thiazole rings is 1. The molecule has 2 aromatic rings. The van der Waals surface area contributed by atoms with Crippen LogP contribution in [0.2, 0.25) is 0 Å². The van der Waals surface area contributed by atoms with Gasteiger partial charge in [-0.15, -0.1) is 11.3 Å². The van der Waals surface area contributed by atoms with Gasteiger partial charge in [-0.25, -0.2) is 4.98 Å². The molecule has 3 rings (SSSR count). The second-order valence-corrected chi connectivity index (χ2v) is 5.72. The van der Waals surface area contributed by atoms with Crippen LogP contribution in [-0.4, -0.2) is 31.3 Å². The van der Waals surface area contributed by atoms with Crippen molar-refractivity contribution in [3.63, 3.8) is 0 Å². The van der Waals surface area contributed by atoms with Gasteiger partial charge in [-0.3, -0.25) is 4.79 Å². The van der Waals surface area contributed by atoms with Crippen LogP contribution >= 0.6 is 11.3 Å². The Bertz CT molecular complexity index is 672. The standard InChI is InChI=1S/C15H17N3O3S/c1-16-6-2-3-14(19)18-15-17-11(8-22-15)10-4-5-12-13(7-10)21-9-20-12/h4-5,7-8,16H,2-3,6,9H2,1H3,(H,17,18,19). The van der Waals surface area contributed by atoms with E-state index in [1.165, 1.54) is 11.3 Å². The van der Waals surface area contributed by atoms with E-state index in [2.05, 4.69) is 15.6 Å². The minimum Gasteiger partial charge on any atom is -0.454 e. The number of carbonyl (C=O) groups excluding carboxylic acids is 1. The number of anilines is 1. The van der Waals surface area contributed by atoms with Crippen molar-refractivity contribution in [3.8, 4) is 22.8 Å².